The van der Waals surface area contributed by atoms with Gasteiger partial charge in [-0.3, -0.25) is 9.67 Å². The molecule has 0 bridgehead atoms. The van der Waals surface area contributed by atoms with Crippen molar-refractivity contribution in [3.63, 3.8) is 0 Å². The normalized spacial score (nSPS) is 10.0. The Morgan fingerprint density at radius 1 is 1.44 bits per heavy atom. The van der Waals surface area contributed by atoms with E-state index in [0.717, 1.165) is 0 Å². The topological polar surface area (TPSA) is 74.7 Å². The lowest BCUT2D eigenvalue weighted by atomic mass is 10.2. The summed E-state index contributed by atoms with van der Waals surface area (Å²) in [6.07, 6.45) is 3.33. The van der Waals surface area contributed by atoms with Gasteiger partial charge in [-0.15, -0.1) is 0 Å². The summed E-state index contributed by atoms with van der Waals surface area (Å²) in [5.41, 5.74) is 2.00. The van der Waals surface area contributed by atoms with Crippen molar-refractivity contribution >= 4 is 0 Å². The average Bonchev–Trinajstić information content (AvgIpc) is 2.74. The van der Waals surface area contributed by atoms with Gasteiger partial charge in [0.1, 0.15) is 12.2 Å². The summed E-state index contributed by atoms with van der Waals surface area (Å²) in [5.74, 6) is 0. The molecule has 80 valence electrons. The van der Waals surface area contributed by atoms with Crippen LogP contribution in [0.2, 0.25) is 0 Å². The number of nitrogens with zero attached hydrogens (tertiary/aromatic N) is 4. The van der Waals surface area contributed by atoms with Crippen LogP contribution in [0.4, 0.5) is 0 Å². The maximum atomic E-state index is 9.20. The lowest BCUT2D eigenvalue weighted by molar-refractivity contribution is 0.282. The lowest BCUT2D eigenvalue weighted by Gasteiger charge is -1.97. The largest absolute Gasteiger partial charge is 0.392 e. The summed E-state index contributed by atoms with van der Waals surface area (Å²) in [7, 11) is 0. The Bertz CT molecular complexity index is 513. The summed E-state index contributed by atoms with van der Waals surface area (Å²) >= 11 is 0. The number of rotatable bonds is 3. The van der Waals surface area contributed by atoms with E-state index in [2.05, 4.69) is 10.1 Å². The zero-order chi connectivity index (χ0) is 11.4. The second-order valence-corrected chi connectivity index (χ2v) is 3.23. The number of aliphatic hydroxyl groups is 1. The molecule has 0 aliphatic heterocycles. The monoisotopic (exact) mass is 214 g/mol. The minimum Gasteiger partial charge on any atom is -0.392 e. The highest BCUT2D eigenvalue weighted by atomic mass is 16.3. The van der Waals surface area contributed by atoms with Gasteiger partial charge in [0.2, 0.25) is 0 Å². The highest BCUT2D eigenvalue weighted by Crippen LogP contribution is 2.19. The Morgan fingerprint density at radius 3 is 2.94 bits per heavy atom. The maximum absolute atomic E-state index is 9.20. The highest BCUT2D eigenvalue weighted by Gasteiger charge is 2.10. The van der Waals surface area contributed by atoms with E-state index in [1.54, 1.807) is 12.4 Å². The molecule has 0 aliphatic carbocycles. The zero-order valence-electron chi connectivity index (χ0n) is 8.54. The molecule has 2 heterocycles. The van der Waals surface area contributed by atoms with E-state index in [9.17, 15) is 5.11 Å². The third-order valence-electron chi connectivity index (χ3n) is 2.15. The minimum absolute atomic E-state index is 0.114. The van der Waals surface area contributed by atoms with E-state index >= 15 is 0 Å². The van der Waals surface area contributed by atoms with Gasteiger partial charge >= 0.3 is 0 Å². The molecular formula is C11H10N4O. The fourth-order valence-electron chi connectivity index (χ4n) is 1.45. The molecule has 16 heavy (non-hydrogen) atoms. The van der Waals surface area contributed by atoms with Gasteiger partial charge in [0, 0.05) is 18.0 Å². The van der Waals surface area contributed by atoms with Crippen LogP contribution in [0.3, 0.4) is 0 Å². The number of nitriles is 1. The summed E-state index contributed by atoms with van der Waals surface area (Å²) in [4.78, 5) is 4.16. The smallest absolute Gasteiger partial charge is 0.128 e. The molecule has 0 saturated carbocycles. The van der Waals surface area contributed by atoms with Crippen LogP contribution in [-0.4, -0.2) is 19.9 Å². The van der Waals surface area contributed by atoms with Gasteiger partial charge in [-0.2, -0.15) is 10.4 Å². The summed E-state index contributed by atoms with van der Waals surface area (Å²) in [5, 5.41) is 22.0. The van der Waals surface area contributed by atoms with Crippen LogP contribution in [0.1, 0.15) is 5.56 Å². The Hall–Kier alpha value is -2.19. The first kappa shape index (κ1) is 10.3. The van der Waals surface area contributed by atoms with Crippen LogP contribution in [0.15, 0.2) is 30.6 Å². The van der Waals surface area contributed by atoms with E-state index in [4.69, 9.17) is 5.26 Å². The molecule has 0 aliphatic rings. The molecule has 2 aromatic heterocycles. The number of pyridine rings is 1. The van der Waals surface area contributed by atoms with Gasteiger partial charge in [0.05, 0.1) is 18.4 Å². The van der Waals surface area contributed by atoms with Crippen molar-refractivity contribution in [3.05, 3.63) is 36.2 Å². The second kappa shape index (κ2) is 4.55. The lowest BCUT2D eigenvalue weighted by Crippen LogP contribution is -1.95. The van der Waals surface area contributed by atoms with Gasteiger partial charge in [-0.25, -0.2) is 0 Å². The number of aliphatic hydroxyl groups excluding tert-OH is 1. The van der Waals surface area contributed by atoms with Crippen molar-refractivity contribution in [2.24, 2.45) is 0 Å². The van der Waals surface area contributed by atoms with E-state index in [1.165, 1.54) is 4.68 Å². The molecule has 0 unspecified atom stereocenters. The zero-order valence-corrected chi connectivity index (χ0v) is 8.54. The molecule has 5 heteroatoms. The van der Waals surface area contributed by atoms with Crippen molar-refractivity contribution < 1.29 is 5.11 Å². The summed E-state index contributed by atoms with van der Waals surface area (Å²) in [6, 6.07) is 7.48. The first-order chi connectivity index (χ1) is 7.85. The Kier molecular flexibility index (Phi) is 2.94. The van der Waals surface area contributed by atoms with Crippen molar-refractivity contribution in [2.45, 2.75) is 13.2 Å². The number of hydrogen-bond donors (Lipinski definition) is 1. The quantitative estimate of drug-likeness (QED) is 0.825. The molecule has 0 atom stereocenters. The molecule has 5 nitrogen and oxygen atoms in total. The first-order valence-electron chi connectivity index (χ1n) is 4.80. The van der Waals surface area contributed by atoms with Gasteiger partial charge in [-0.1, -0.05) is 6.07 Å². The molecule has 0 aromatic carbocycles. The first-order valence-corrected chi connectivity index (χ1v) is 4.80. The molecule has 1 N–H and O–H groups in total. The fraction of sp³-hybridized carbons (Fsp3) is 0.182. The Morgan fingerprint density at radius 2 is 2.31 bits per heavy atom. The third kappa shape index (κ3) is 1.92. The molecule has 0 amide bonds. The molecule has 0 fully saturated rings. The van der Waals surface area contributed by atoms with Gasteiger partial charge in [0.25, 0.3) is 0 Å². The molecule has 0 spiro atoms. The molecule has 2 aromatic rings. The SMILES string of the molecule is N#CCn1cc(CO)c(-c2ccccn2)n1. The van der Waals surface area contributed by atoms with Crippen molar-refractivity contribution in [1.29, 1.82) is 5.26 Å². The highest BCUT2D eigenvalue weighted by molar-refractivity contribution is 5.57. The standard InChI is InChI=1S/C11H10N4O/c12-4-6-15-7-9(8-16)11(14-15)10-3-1-2-5-13-10/h1-3,5,7,16H,6,8H2. The predicted octanol–water partition coefficient (Wildman–Crippen LogP) is 0.961. The van der Waals surface area contributed by atoms with Crippen molar-refractivity contribution in [2.75, 3.05) is 0 Å². The fourth-order valence-corrected chi connectivity index (χ4v) is 1.45. The van der Waals surface area contributed by atoms with Gasteiger partial charge < -0.3 is 5.11 Å². The summed E-state index contributed by atoms with van der Waals surface area (Å²) < 4.78 is 1.50. The van der Waals surface area contributed by atoms with Gasteiger partial charge in [-0.05, 0) is 12.1 Å². The third-order valence-corrected chi connectivity index (χ3v) is 2.15. The maximum Gasteiger partial charge on any atom is 0.128 e. The number of hydrogen-bond acceptors (Lipinski definition) is 4. The van der Waals surface area contributed by atoms with E-state index < -0.39 is 0 Å². The molecule has 2 rings (SSSR count). The number of aromatic nitrogens is 3. The molecule has 0 saturated heterocycles. The van der Waals surface area contributed by atoms with Crippen LogP contribution in [-0.2, 0) is 13.2 Å². The van der Waals surface area contributed by atoms with Crippen LogP contribution in [0, 0.1) is 11.3 Å². The Labute approximate surface area is 92.6 Å². The van der Waals surface area contributed by atoms with E-state index in [1.807, 2.05) is 24.3 Å². The Balaban J connectivity index is 2.44. The van der Waals surface area contributed by atoms with Crippen LogP contribution in [0.5, 0.6) is 0 Å². The molecule has 0 radical (unpaired) electrons. The van der Waals surface area contributed by atoms with Crippen molar-refractivity contribution in [1.82, 2.24) is 14.8 Å². The van der Waals surface area contributed by atoms with Crippen LogP contribution in [0.25, 0.3) is 11.4 Å². The van der Waals surface area contributed by atoms with Crippen LogP contribution < -0.4 is 0 Å². The van der Waals surface area contributed by atoms with Gasteiger partial charge in [0.15, 0.2) is 0 Å². The van der Waals surface area contributed by atoms with E-state index in [-0.39, 0.29) is 13.2 Å². The average molecular weight is 214 g/mol. The minimum atomic E-state index is -0.114. The van der Waals surface area contributed by atoms with E-state index in [0.29, 0.717) is 17.0 Å². The predicted molar refractivity (Wildman–Crippen MR) is 57.0 cm³/mol. The second-order valence-electron chi connectivity index (χ2n) is 3.23. The molecular weight excluding hydrogens is 204 g/mol. The van der Waals surface area contributed by atoms with Crippen LogP contribution >= 0.6 is 0 Å². The summed E-state index contributed by atoms with van der Waals surface area (Å²) in [6.45, 7) is 0.0527. The van der Waals surface area contributed by atoms with Crippen molar-refractivity contribution in [3.8, 4) is 17.5 Å².